The van der Waals surface area contributed by atoms with E-state index in [1.807, 2.05) is 44.2 Å². The lowest BCUT2D eigenvalue weighted by Gasteiger charge is -2.13. The summed E-state index contributed by atoms with van der Waals surface area (Å²) in [6, 6.07) is 13.1. The van der Waals surface area contributed by atoms with E-state index in [-0.39, 0.29) is 24.1 Å². The van der Waals surface area contributed by atoms with E-state index in [0.29, 0.717) is 17.0 Å². The van der Waals surface area contributed by atoms with E-state index in [0.717, 1.165) is 16.7 Å². The van der Waals surface area contributed by atoms with Crippen LogP contribution in [-0.2, 0) is 9.59 Å². The van der Waals surface area contributed by atoms with Crippen molar-refractivity contribution in [3.05, 3.63) is 77.5 Å². The van der Waals surface area contributed by atoms with Gasteiger partial charge >= 0.3 is 0 Å². The van der Waals surface area contributed by atoms with Gasteiger partial charge in [-0.05, 0) is 37.1 Å². The molecular formula is C22H22N2O3. The normalized spacial score (nSPS) is 14.0. The summed E-state index contributed by atoms with van der Waals surface area (Å²) in [5.74, 6) is -0.113. The zero-order chi connectivity index (χ0) is 19.6. The van der Waals surface area contributed by atoms with Gasteiger partial charge in [-0.1, -0.05) is 42.0 Å². The zero-order valence-corrected chi connectivity index (χ0v) is 15.7. The summed E-state index contributed by atoms with van der Waals surface area (Å²) in [7, 11) is 1.56. The van der Waals surface area contributed by atoms with Gasteiger partial charge < -0.3 is 10.1 Å². The van der Waals surface area contributed by atoms with Crippen LogP contribution in [0.25, 0.3) is 5.57 Å². The average molecular weight is 362 g/mol. The molecule has 0 unspecified atom stereocenters. The van der Waals surface area contributed by atoms with Gasteiger partial charge in [0.2, 0.25) is 0 Å². The van der Waals surface area contributed by atoms with E-state index in [4.69, 9.17) is 4.74 Å². The van der Waals surface area contributed by atoms with E-state index < -0.39 is 0 Å². The molecule has 1 aliphatic rings. The van der Waals surface area contributed by atoms with Crippen molar-refractivity contribution >= 4 is 23.1 Å². The molecule has 2 aromatic rings. The third kappa shape index (κ3) is 3.36. The zero-order valence-electron chi connectivity index (χ0n) is 15.7. The second-order valence-electron chi connectivity index (χ2n) is 6.40. The number of carbonyl (C=O) groups is 2. The molecule has 0 bridgehead atoms. The van der Waals surface area contributed by atoms with Crippen molar-refractivity contribution in [2.24, 2.45) is 0 Å². The van der Waals surface area contributed by atoms with E-state index in [9.17, 15) is 9.59 Å². The summed E-state index contributed by atoms with van der Waals surface area (Å²) in [6.45, 7) is 7.73. The molecule has 0 saturated carbocycles. The SMILES string of the molecule is C=CCN1C(=O)C(Nc2ccccc2OC)=C(c2ccc(C)cc2C)C1=O. The number of rotatable bonds is 6. The summed E-state index contributed by atoms with van der Waals surface area (Å²) < 4.78 is 5.36. The van der Waals surface area contributed by atoms with E-state index in [2.05, 4.69) is 11.9 Å². The lowest BCUT2D eigenvalue weighted by molar-refractivity contribution is -0.136. The molecule has 2 amide bonds. The number of ether oxygens (including phenoxy) is 1. The molecule has 1 aliphatic heterocycles. The highest BCUT2D eigenvalue weighted by Crippen LogP contribution is 2.34. The number of anilines is 1. The molecule has 27 heavy (non-hydrogen) atoms. The first-order chi connectivity index (χ1) is 13.0. The van der Waals surface area contributed by atoms with Crippen LogP contribution in [0.15, 0.2) is 60.8 Å². The molecule has 0 aliphatic carbocycles. The van der Waals surface area contributed by atoms with Crippen molar-refractivity contribution in [1.82, 2.24) is 4.90 Å². The minimum atomic E-state index is -0.374. The van der Waals surface area contributed by atoms with Gasteiger partial charge in [-0.3, -0.25) is 14.5 Å². The van der Waals surface area contributed by atoms with Gasteiger partial charge in [-0.25, -0.2) is 0 Å². The summed E-state index contributed by atoms with van der Waals surface area (Å²) in [6.07, 6.45) is 1.54. The summed E-state index contributed by atoms with van der Waals surface area (Å²) >= 11 is 0. The van der Waals surface area contributed by atoms with E-state index in [1.165, 1.54) is 4.90 Å². The van der Waals surface area contributed by atoms with Crippen LogP contribution < -0.4 is 10.1 Å². The van der Waals surface area contributed by atoms with Crippen molar-refractivity contribution in [2.45, 2.75) is 13.8 Å². The first-order valence-corrected chi connectivity index (χ1v) is 8.67. The van der Waals surface area contributed by atoms with E-state index in [1.54, 1.807) is 25.3 Å². The topological polar surface area (TPSA) is 58.6 Å². The molecule has 2 aromatic carbocycles. The molecule has 0 fully saturated rings. The monoisotopic (exact) mass is 362 g/mol. The lowest BCUT2D eigenvalue weighted by Crippen LogP contribution is -2.32. The second-order valence-corrected chi connectivity index (χ2v) is 6.40. The number of hydrogen-bond donors (Lipinski definition) is 1. The van der Waals surface area contributed by atoms with Crippen LogP contribution in [0.1, 0.15) is 16.7 Å². The van der Waals surface area contributed by atoms with Gasteiger partial charge in [0.25, 0.3) is 11.8 Å². The molecular weight excluding hydrogens is 340 g/mol. The van der Waals surface area contributed by atoms with Crippen LogP contribution in [0.2, 0.25) is 0 Å². The lowest BCUT2D eigenvalue weighted by atomic mass is 9.97. The molecule has 0 atom stereocenters. The Hall–Kier alpha value is -3.34. The molecule has 0 saturated heterocycles. The van der Waals surface area contributed by atoms with Crippen LogP contribution in [0.3, 0.4) is 0 Å². The van der Waals surface area contributed by atoms with Crippen molar-refractivity contribution in [2.75, 3.05) is 19.0 Å². The summed E-state index contributed by atoms with van der Waals surface area (Å²) in [4.78, 5) is 27.2. The van der Waals surface area contributed by atoms with Crippen molar-refractivity contribution < 1.29 is 14.3 Å². The van der Waals surface area contributed by atoms with Crippen LogP contribution >= 0.6 is 0 Å². The van der Waals surface area contributed by atoms with Crippen molar-refractivity contribution in [3.8, 4) is 5.75 Å². The quantitative estimate of drug-likeness (QED) is 0.629. The maximum absolute atomic E-state index is 13.0. The highest BCUT2D eigenvalue weighted by atomic mass is 16.5. The fraction of sp³-hybridized carbons (Fsp3) is 0.182. The Morgan fingerprint density at radius 2 is 1.85 bits per heavy atom. The molecule has 138 valence electrons. The number of amides is 2. The Morgan fingerprint density at radius 1 is 1.11 bits per heavy atom. The number of imide groups is 1. The molecule has 0 aromatic heterocycles. The number of nitrogens with one attached hydrogen (secondary N) is 1. The molecule has 1 heterocycles. The molecule has 0 radical (unpaired) electrons. The fourth-order valence-electron chi connectivity index (χ4n) is 3.21. The number of para-hydroxylation sites is 2. The molecule has 5 heteroatoms. The minimum absolute atomic E-state index is 0.156. The largest absolute Gasteiger partial charge is 0.495 e. The number of nitrogens with zero attached hydrogens (tertiary/aromatic N) is 1. The fourth-order valence-corrected chi connectivity index (χ4v) is 3.21. The van der Waals surface area contributed by atoms with E-state index >= 15 is 0 Å². The third-order valence-electron chi connectivity index (χ3n) is 4.50. The Morgan fingerprint density at radius 3 is 2.52 bits per heavy atom. The van der Waals surface area contributed by atoms with Gasteiger partial charge in [-0.2, -0.15) is 0 Å². The summed E-state index contributed by atoms with van der Waals surface area (Å²) in [5.41, 5.74) is 4.01. The van der Waals surface area contributed by atoms with Gasteiger partial charge in [0.15, 0.2) is 0 Å². The first-order valence-electron chi connectivity index (χ1n) is 8.67. The highest BCUT2D eigenvalue weighted by molar-refractivity contribution is 6.36. The van der Waals surface area contributed by atoms with Crippen molar-refractivity contribution in [1.29, 1.82) is 0 Å². The predicted molar refractivity (Wildman–Crippen MR) is 106 cm³/mol. The molecule has 3 rings (SSSR count). The number of benzene rings is 2. The van der Waals surface area contributed by atoms with Crippen LogP contribution in [0.5, 0.6) is 5.75 Å². The number of aryl methyl sites for hydroxylation is 2. The Kier molecular flexibility index (Phi) is 5.12. The summed E-state index contributed by atoms with van der Waals surface area (Å²) in [5, 5.41) is 3.13. The highest BCUT2D eigenvalue weighted by Gasteiger charge is 2.39. The predicted octanol–water partition coefficient (Wildman–Crippen LogP) is 3.69. The van der Waals surface area contributed by atoms with Gasteiger partial charge in [0.05, 0.1) is 18.4 Å². The molecule has 5 nitrogen and oxygen atoms in total. The minimum Gasteiger partial charge on any atom is -0.495 e. The van der Waals surface area contributed by atoms with Crippen LogP contribution in [0, 0.1) is 13.8 Å². The van der Waals surface area contributed by atoms with Crippen molar-refractivity contribution in [3.63, 3.8) is 0 Å². The average Bonchev–Trinajstić information content (AvgIpc) is 2.87. The number of carbonyl (C=O) groups excluding carboxylic acids is 2. The standard InChI is InChI=1S/C22H22N2O3/c1-5-12-24-21(25)19(16-11-10-14(2)13-15(16)3)20(22(24)26)23-17-8-6-7-9-18(17)27-4/h5-11,13,23H,1,12H2,2-4H3. The van der Waals surface area contributed by atoms with Gasteiger partial charge in [-0.15, -0.1) is 6.58 Å². The van der Waals surface area contributed by atoms with Gasteiger partial charge in [0, 0.05) is 6.54 Å². The van der Waals surface area contributed by atoms with Gasteiger partial charge in [0.1, 0.15) is 11.4 Å². The second kappa shape index (κ2) is 7.50. The number of methoxy groups -OCH3 is 1. The number of hydrogen-bond acceptors (Lipinski definition) is 4. The molecule has 0 spiro atoms. The Balaban J connectivity index is 2.16. The Labute approximate surface area is 158 Å². The Bertz CT molecular complexity index is 960. The maximum Gasteiger partial charge on any atom is 0.278 e. The first kappa shape index (κ1) is 18.5. The third-order valence-corrected chi connectivity index (χ3v) is 4.50. The molecule has 1 N–H and O–H groups in total. The van der Waals surface area contributed by atoms with Crippen LogP contribution in [0.4, 0.5) is 5.69 Å². The smallest absolute Gasteiger partial charge is 0.278 e. The van der Waals surface area contributed by atoms with Crippen LogP contribution in [-0.4, -0.2) is 30.4 Å². The maximum atomic E-state index is 13.0.